The van der Waals surface area contributed by atoms with Crippen molar-refractivity contribution in [3.05, 3.63) is 62.2 Å². The molecular formula is C12H13FN4O2. The predicted molar refractivity (Wildman–Crippen MR) is 67.0 cm³/mol. The molecule has 0 saturated heterocycles. The Morgan fingerprint density at radius 1 is 1.32 bits per heavy atom. The van der Waals surface area contributed by atoms with Gasteiger partial charge in [-0.05, 0) is 24.7 Å². The van der Waals surface area contributed by atoms with Crippen molar-refractivity contribution < 1.29 is 4.39 Å². The van der Waals surface area contributed by atoms with Crippen molar-refractivity contribution in [2.45, 2.75) is 13.1 Å². The molecule has 0 aliphatic heterocycles. The van der Waals surface area contributed by atoms with Gasteiger partial charge in [-0.25, -0.2) is 14.3 Å². The summed E-state index contributed by atoms with van der Waals surface area (Å²) in [4.78, 5) is 26.2. The highest BCUT2D eigenvalue weighted by Crippen LogP contribution is 2.07. The molecule has 0 saturated carbocycles. The molecule has 0 fully saturated rings. The lowest BCUT2D eigenvalue weighted by Gasteiger charge is -2.15. The van der Waals surface area contributed by atoms with Crippen molar-refractivity contribution in [1.82, 2.24) is 20.1 Å². The standard InChI is InChI=1S/C12H13FN4O2/c1-17(6-8-3-2-4-9(13)5-8)7-10-11(18)14-12(19)16-15-10/h2-5H,6-7H2,1H3,(H2,14,16,18,19). The van der Waals surface area contributed by atoms with Crippen LogP contribution in [0.2, 0.25) is 0 Å². The minimum atomic E-state index is -0.637. The Labute approximate surface area is 107 Å². The summed E-state index contributed by atoms with van der Waals surface area (Å²) in [6, 6.07) is 6.23. The zero-order valence-corrected chi connectivity index (χ0v) is 10.3. The van der Waals surface area contributed by atoms with E-state index in [9.17, 15) is 14.0 Å². The summed E-state index contributed by atoms with van der Waals surface area (Å²) in [6.07, 6.45) is 0. The fraction of sp³-hybridized carbons (Fsp3) is 0.250. The van der Waals surface area contributed by atoms with Crippen LogP contribution in [-0.4, -0.2) is 27.1 Å². The number of nitrogens with zero attached hydrogens (tertiary/aromatic N) is 2. The fourth-order valence-corrected chi connectivity index (χ4v) is 1.74. The largest absolute Gasteiger partial charge is 0.342 e. The zero-order chi connectivity index (χ0) is 13.8. The van der Waals surface area contributed by atoms with Crippen LogP contribution < -0.4 is 11.2 Å². The van der Waals surface area contributed by atoms with Crippen LogP contribution >= 0.6 is 0 Å². The molecule has 1 heterocycles. The summed E-state index contributed by atoms with van der Waals surface area (Å²) in [6.45, 7) is 0.723. The van der Waals surface area contributed by atoms with E-state index < -0.39 is 11.2 Å². The van der Waals surface area contributed by atoms with Gasteiger partial charge in [-0.3, -0.25) is 14.7 Å². The van der Waals surface area contributed by atoms with E-state index >= 15 is 0 Å². The third kappa shape index (κ3) is 3.59. The van der Waals surface area contributed by atoms with Crippen LogP contribution in [-0.2, 0) is 13.1 Å². The third-order valence-corrected chi connectivity index (χ3v) is 2.54. The van der Waals surface area contributed by atoms with Gasteiger partial charge in [-0.2, -0.15) is 5.10 Å². The van der Waals surface area contributed by atoms with Crippen LogP contribution in [0, 0.1) is 5.82 Å². The van der Waals surface area contributed by atoms with Gasteiger partial charge in [0.1, 0.15) is 11.5 Å². The SMILES string of the molecule is CN(Cc1cccc(F)c1)Cc1n[nH]c(=O)[nH]c1=O. The molecule has 100 valence electrons. The summed E-state index contributed by atoms with van der Waals surface area (Å²) in [5.74, 6) is -0.300. The Morgan fingerprint density at radius 3 is 2.79 bits per heavy atom. The lowest BCUT2D eigenvalue weighted by molar-refractivity contribution is 0.311. The molecule has 0 amide bonds. The summed E-state index contributed by atoms with van der Waals surface area (Å²) in [5.41, 5.74) is -0.154. The van der Waals surface area contributed by atoms with Gasteiger partial charge < -0.3 is 0 Å². The van der Waals surface area contributed by atoms with E-state index in [1.165, 1.54) is 12.1 Å². The number of aromatic amines is 2. The van der Waals surface area contributed by atoms with Gasteiger partial charge in [0.2, 0.25) is 0 Å². The third-order valence-electron chi connectivity index (χ3n) is 2.54. The highest BCUT2D eigenvalue weighted by Gasteiger charge is 2.07. The molecule has 2 rings (SSSR count). The number of hydrogen-bond acceptors (Lipinski definition) is 4. The molecular weight excluding hydrogens is 251 g/mol. The second kappa shape index (κ2) is 5.57. The molecule has 0 unspecified atom stereocenters. The monoisotopic (exact) mass is 264 g/mol. The highest BCUT2D eigenvalue weighted by molar-refractivity contribution is 5.16. The Kier molecular flexibility index (Phi) is 3.86. The summed E-state index contributed by atoms with van der Waals surface area (Å²) in [7, 11) is 1.77. The average Bonchev–Trinajstić information content (AvgIpc) is 2.33. The number of benzene rings is 1. The fourth-order valence-electron chi connectivity index (χ4n) is 1.74. The zero-order valence-electron chi connectivity index (χ0n) is 10.3. The van der Waals surface area contributed by atoms with E-state index in [0.717, 1.165) is 5.56 Å². The van der Waals surface area contributed by atoms with Gasteiger partial charge >= 0.3 is 5.69 Å². The van der Waals surface area contributed by atoms with Crippen LogP contribution in [0.15, 0.2) is 33.9 Å². The Hall–Kier alpha value is -2.28. The quantitative estimate of drug-likeness (QED) is 0.828. The van der Waals surface area contributed by atoms with Crippen molar-refractivity contribution in [3.8, 4) is 0 Å². The molecule has 19 heavy (non-hydrogen) atoms. The number of nitrogens with one attached hydrogen (secondary N) is 2. The van der Waals surface area contributed by atoms with Gasteiger partial charge in [-0.15, -0.1) is 0 Å². The lowest BCUT2D eigenvalue weighted by Crippen LogP contribution is -2.31. The van der Waals surface area contributed by atoms with Gasteiger partial charge in [0.05, 0.1) is 0 Å². The van der Waals surface area contributed by atoms with E-state index in [4.69, 9.17) is 0 Å². The Bertz CT molecular complexity index is 680. The van der Waals surface area contributed by atoms with Crippen molar-refractivity contribution in [3.63, 3.8) is 0 Å². The van der Waals surface area contributed by atoms with E-state index in [2.05, 4.69) is 15.2 Å². The molecule has 1 aromatic carbocycles. The number of halogens is 1. The summed E-state index contributed by atoms with van der Waals surface area (Å²) < 4.78 is 13.0. The number of hydrogen-bond donors (Lipinski definition) is 2. The van der Waals surface area contributed by atoms with Crippen molar-refractivity contribution in [2.75, 3.05) is 7.05 Å². The van der Waals surface area contributed by atoms with Crippen molar-refractivity contribution in [2.24, 2.45) is 0 Å². The molecule has 0 aliphatic carbocycles. The van der Waals surface area contributed by atoms with E-state index in [1.54, 1.807) is 24.1 Å². The molecule has 2 aromatic rings. The molecule has 1 aromatic heterocycles. The van der Waals surface area contributed by atoms with Crippen LogP contribution in [0.25, 0.3) is 0 Å². The summed E-state index contributed by atoms with van der Waals surface area (Å²) >= 11 is 0. The van der Waals surface area contributed by atoms with E-state index in [1.807, 2.05) is 0 Å². The minimum absolute atomic E-state index is 0.207. The van der Waals surface area contributed by atoms with Crippen LogP contribution in [0.5, 0.6) is 0 Å². The molecule has 6 nitrogen and oxygen atoms in total. The lowest BCUT2D eigenvalue weighted by atomic mass is 10.2. The first-order valence-electron chi connectivity index (χ1n) is 5.65. The van der Waals surface area contributed by atoms with Crippen LogP contribution in [0.3, 0.4) is 0 Å². The molecule has 2 N–H and O–H groups in total. The Morgan fingerprint density at radius 2 is 2.11 bits per heavy atom. The van der Waals surface area contributed by atoms with Crippen LogP contribution in [0.1, 0.15) is 11.3 Å². The Balaban J connectivity index is 2.07. The molecule has 0 radical (unpaired) electrons. The van der Waals surface area contributed by atoms with Crippen molar-refractivity contribution in [1.29, 1.82) is 0 Å². The normalized spacial score (nSPS) is 10.9. The van der Waals surface area contributed by atoms with Gasteiger partial charge in [0.25, 0.3) is 5.56 Å². The highest BCUT2D eigenvalue weighted by atomic mass is 19.1. The average molecular weight is 264 g/mol. The predicted octanol–water partition coefficient (Wildman–Crippen LogP) is 0.229. The first-order chi connectivity index (χ1) is 9.04. The van der Waals surface area contributed by atoms with E-state index in [-0.39, 0.29) is 18.1 Å². The first-order valence-corrected chi connectivity index (χ1v) is 5.65. The minimum Gasteiger partial charge on any atom is -0.296 e. The summed E-state index contributed by atoms with van der Waals surface area (Å²) in [5, 5.41) is 5.85. The molecule has 7 heteroatoms. The topological polar surface area (TPSA) is 81.8 Å². The number of aromatic nitrogens is 3. The van der Waals surface area contributed by atoms with Gasteiger partial charge in [0.15, 0.2) is 0 Å². The molecule has 0 aliphatic rings. The molecule has 0 bridgehead atoms. The molecule has 0 spiro atoms. The second-order valence-electron chi connectivity index (χ2n) is 4.26. The second-order valence-corrected chi connectivity index (χ2v) is 4.26. The van der Waals surface area contributed by atoms with Gasteiger partial charge in [-0.1, -0.05) is 12.1 Å². The number of rotatable bonds is 4. The maximum atomic E-state index is 13.0. The van der Waals surface area contributed by atoms with E-state index in [0.29, 0.717) is 6.54 Å². The smallest absolute Gasteiger partial charge is 0.296 e. The van der Waals surface area contributed by atoms with Crippen LogP contribution in [0.4, 0.5) is 4.39 Å². The maximum absolute atomic E-state index is 13.0. The molecule has 0 atom stereocenters. The maximum Gasteiger partial charge on any atom is 0.342 e. The first kappa shape index (κ1) is 13.2. The van der Waals surface area contributed by atoms with Gasteiger partial charge in [0, 0.05) is 13.1 Å². The van der Waals surface area contributed by atoms with Crippen molar-refractivity contribution >= 4 is 0 Å². The number of H-pyrrole nitrogens is 2.